The van der Waals surface area contributed by atoms with E-state index in [1.54, 1.807) is 30.3 Å². The van der Waals surface area contributed by atoms with Crippen LogP contribution in [0.1, 0.15) is 22.6 Å². The Morgan fingerprint density at radius 1 is 1.32 bits per heavy atom. The summed E-state index contributed by atoms with van der Waals surface area (Å²) < 4.78 is 0. The summed E-state index contributed by atoms with van der Waals surface area (Å²) in [5.74, 6) is -1.23. The van der Waals surface area contributed by atoms with Crippen molar-refractivity contribution in [3.63, 3.8) is 0 Å². The number of rotatable bonds is 7. The van der Waals surface area contributed by atoms with Crippen molar-refractivity contribution in [3.05, 3.63) is 41.7 Å². The number of nitrogens with one attached hydrogen (secondary N) is 3. The second kappa shape index (κ2) is 6.76. The van der Waals surface area contributed by atoms with Gasteiger partial charge in [0.1, 0.15) is 5.82 Å². The fourth-order valence-electron chi connectivity index (χ4n) is 1.96. The van der Waals surface area contributed by atoms with E-state index in [1.807, 2.05) is 0 Å². The molecule has 0 fully saturated rings. The number of carbonyl (C=O) groups is 2. The molecule has 9 nitrogen and oxygen atoms in total. The highest BCUT2D eigenvalue weighted by atomic mass is 16.4. The Morgan fingerprint density at radius 2 is 2.05 bits per heavy atom. The smallest absolute Gasteiger partial charge is 0.344 e. The molecule has 0 aliphatic heterocycles. The molecule has 1 heterocycles. The van der Waals surface area contributed by atoms with Crippen LogP contribution >= 0.6 is 0 Å². The first-order valence-corrected chi connectivity index (χ1v) is 6.60. The molecule has 0 bridgehead atoms. The third-order valence-corrected chi connectivity index (χ3v) is 3.28. The minimum absolute atomic E-state index is 0.0777. The number of tetrazole rings is 1. The molecule has 1 unspecified atom stereocenters. The molecule has 4 N–H and O–H groups in total. The summed E-state index contributed by atoms with van der Waals surface area (Å²) >= 11 is 0. The summed E-state index contributed by atoms with van der Waals surface area (Å²) in [5.41, 5.74) is -1.23. The van der Waals surface area contributed by atoms with Crippen molar-refractivity contribution in [1.29, 1.82) is 0 Å². The normalized spacial score (nSPS) is 13.3. The number of hydrogen-bond acceptors (Lipinski definition) is 6. The molecule has 22 heavy (non-hydrogen) atoms. The maximum atomic E-state index is 12.2. The van der Waals surface area contributed by atoms with Crippen molar-refractivity contribution >= 4 is 11.9 Å². The molecule has 0 saturated heterocycles. The second-order valence-electron chi connectivity index (χ2n) is 4.63. The summed E-state index contributed by atoms with van der Waals surface area (Å²) in [6.45, 7) is 0. The van der Waals surface area contributed by atoms with Gasteiger partial charge in [-0.15, -0.1) is 5.10 Å². The Balaban J connectivity index is 2.14. The topological polar surface area (TPSA) is 133 Å². The predicted molar refractivity (Wildman–Crippen MR) is 75.8 cm³/mol. The number of aryl methyl sites for hydroxylation is 1. The van der Waals surface area contributed by atoms with Gasteiger partial charge in [-0.2, -0.15) is 0 Å². The Bertz CT molecular complexity index is 630. The number of aliphatic carboxylic acids is 1. The first kappa shape index (κ1) is 15.6. The summed E-state index contributed by atoms with van der Waals surface area (Å²) in [6.07, 6.45) is 0.337. The van der Waals surface area contributed by atoms with Crippen molar-refractivity contribution in [2.45, 2.75) is 18.5 Å². The quantitative estimate of drug-likeness (QED) is 0.510. The highest BCUT2D eigenvalue weighted by Gasteiger charge is 2.38. The average Bonchev–Trinajstić information content (AvgIpc) is 3.05. The number of hydrogen-bond donors (Lipinski definition) is 4. The van der Waals surface area contributed by atoms with E-state index in [0.717, 1.165) is 0 Å². The third kappa shape index (κ3) is 3.44. The molecule has 9 heteroatoms. The largest absolute Gasteiger partial charge is 0.478 e. The number of likely N-dealkylation sites (N-methyl/N-ethyl adjacent to an activating group) is 1. The van der Waals surface area contributed by atoms with Crippen LogP contribution in [-0.2, 0) is 11.2 Å². The number of carboxylic acids is 1. The van der Waals surface area contributed by atoms with Crippen LogP contribution in [0.15, 0.2) is 30.3 Å². The van der Waals surface area contributed by atoms with Crippen LogP contribution < -0.4 is 10.6 Å². The summed E-state index contributed by atoms with van der Waals surface area (Å²) in [5, 5.41) is 27.8. The maximum absolute atomic E-state index is 12.2. The van der Waals surface area contributed by atoms with Crippen LogP contribution in [0.5, 0.6) is 0 Å². The van der Waals surface area contributed by atoms with Crippen LogP contribution in [0.25, 0.3) is 0 Å². The molecule has 0 spiro atoms. The van der Waals surface area contributed by atoms with Gasteiger partial charge in [0.2, 0.25) is 0 Å². The summed E-state index contributed by atoms with van der Waals surface area (Å²) in [4.78, 5) is 23.9. The first-order valence-electron chi connectivity index (χ1n) is 6.60. The van der Waals surface area contributed by atoms with Crippen molar-refractivity contribution in [2.24, 2.45) is 0 Å². The van der Waals surface area contributed by atoms with Crippen molar-refractivity contribution in [3.8, 4) is 0 Å². The van der Waals surface area contributed by atoms with Crippen molar-refractivity contribution in [2.75, 3.05) is 7.05 Å². The number of aromatic nitrogens is 4. The van der Waals surface area contributed by atoms with Gasteiger partial charge in [-0.05, 0) is 29.6 Å². The molecular formula is C13H16N6O3. The lowest BCUT2D eigenvalue weighted by atomic mass is 10.0. The molecule has 1 aromatic heterocycles. The number of amides is 1. The SMILES string of the molecule is CNC(CCc1nnn[nH]1)(NC(=O)c1ccccc1)C(=O)O. The summed E-state index contributed by atoms with van der Waals surface area (Å²) in [7, 11) is 1.47. The van der Waals surface area contributed by atoms with Gasteiger partial charge in [-0.3, -0.25) is 10.1 Å². The molecular weight excluding hydrogens is 288 g/mol. The summed E-state index contributed by atoms with van der Waals surface area (Å²) in [6, 6.07) is 8.40. The lowest BCUT2D eigenvalue weighted by Crippen LogP contribution is -2.63. The van der Waals surface area contributed by atoms with Crippen LogP contribution in [0.2, 0.25) is 0 Å². The number of carboxylic acid groups (broad SMARTS) is 1. The standard InChI is InChI=1S/C13H16N6O3/c1-14-13(12(21)22,8-7-10-16-18-19-17-10)15-11(20)9-5-3-2-4-6-9/h2-6,14H,7-8H2,1H3,(H,15,20)(H,21,22)(H,16,17,18,19). The van der Waals surface area contributed by atoms with E-state index in [1.165, 1.54) is 7.05 Å². The van der Waals surface area contributed by atoms with Crippen LogP contribution in [0, 0.1) is 0 Å². The Labute approximate surface area is 126 Å². The number of H-pyrrole nitrogens is 1. The Hall–Kier alpha value is -2.81. The zero-order chi connectivity index (χ0) is 16.0. The second-order valence-corrected chi connectivity index (χ2v) is 4.63. The van der Waals surface area contributed by atoms with Gasteiger partial charge in [0, 0.05) is 18.4 Å². The molecule has 2 rings (SSSR count). The molecule has 0 aliphatic carbocycles. The molecule has 1 amide bonds. The molecule has 116 valence electrons. The fraction of sp³-hybridized carbons (Fsp3) is 0.308. The molecule has 2 aromatic rings. The maximum Gasteiger partial charge on any atom is 0.344 e. The average molecular weight is 304 g/mol. The number of nitrogens with zero attached hydrogens (tertiary/aromatic N) is 3. The Morgan fingerprint density at radius 3 is 2.59 bits per heavy atom. The monoisotopic (exact) mass is 304 g/mol. The van der Waals surface area contributed by atoms with E-state index in [2.05, 4.69) is 31.3 Å². The number of benzene rings is 1. The van der Waals surface area contributed by atoms with Gasteiger partial charge >= 0.3 is 5.97 Å². The van der Waals surface area contributed by atoms with Crippen molar-refractivity contribution < 1.29 is 14.7 Å². The first-order chi connectivity index (χ1) is 10.6. The van der Waals surface area contributed by atoms with Gasteiger partial charge in [0.05, 0.1) is 0 Å². The minimum atomic E-state index is -1.61. The number of aromatic amines is 1. The van der Waals surface area contributed by atoms with Gasteiger partial charge in [-0.1, -0.05) is 18.2 Å². The van der Waals surface area contributed by atoms with E-state index in [4.69, 9.17) is 0 Å². The van der Waals surface area contributed by atoms with Gasteiger partial charge in [0.25, 0.3) is 5.91 Å². The van der Waals surface area contributed by atoms with Gasteiger partial charge in [-0.25, -0.2) is 9.89 Å². The fourth-order valence-corrected chi connectivity index (χ4v) is 1.96. The van der Waals surface area contributed by atoms with Crippen molar-refractivity contribution in [1.82, 2.24) is 31.3 Å². The van der Waals surface area contributed by atoms with E-state index in [9.17, 15) is 14.7 Å². The van der Waals surface area contributed by atoms with E-state index >= 15 is 0 Å². The molecule has 1 atom stereocenters. The molecule has 0 aliphatic rings. The highest BCUT2D eigenvalue weighted by Crippen LogP contribution is 2.12. The minimum Gasteiger partial charge on any atom is -0.478 e. The lowest BCUT2D eigenvalue weighted by molar-refractivity contribution is -0.146. The molecule has 0 radical (unpaired) electrons. The van der Waals surface area contributed by atoms with E-state index in [-0.39, 0.29) is 12.8 Å². The van der Waals surface area contributed by atoms with Gasteiger partial charge < -0.3 is 10.4 Å². The van der Waals surface area contributed by atoms with E-state index < -0.39 is 17.5 Å². The van der Waals surface area contributed by atoms with Gasteiger partial charge in [0.15, 0.2) is 5.66 Å². The zero-order valence-corrected chi connectivity index (χ0v) is 11.9. The molecule has 1 aromatic carbocycles. The van der Waals surface area contributed by atoms with Crippen LogP contribution in [0.3, 0.4) is 0 Å². The number of carbonyl (C=O) groups excluding carboxylic acids is 1. The van der Waals surface area contributed by atoms with E-state index in [0.29, 0.717) is 11.4 Å². The van der Waals surface area contributed by atoms with Crippen LogP contribution in [0.4, 0.5) is 0 Å². The zero-order valence-electron chi connectivity index (χ0n) is 11.9. The highest BCUT2D eigenvalue weighted by molar-refractivity contribution is 5.97. The van der Waals surface area contributed by atoms with Crippen LogP contribution in [-0.4, -0.2) is 50.3 Å². The third-order valence-electron chi connectivity index (χ3n) is 3.28. The predicted octanol–water partition coefficient (Wildman–Crippen LogP) is -0.437. The molecule has 0 saturated carbocycles. The lowest BCUT2D eigenvalue weighted by Gasteiger charge is -2.29. The Kier molecular flexibility index (Phi) is 4.79.